The zero-order valence-corrected chi connectivity index (χ0v) is 7.41. The second-order valence-electron chi connectivity index (χ2n) is 1.95. The molecule has 13 heavy (non-hydrogen) atoms. The Labute approximate surface area is 99.2 Å². The number of carboxylic acids is 1. The van der Waals surface area contributed by atoms with Crippen molar-refractivity contribution in [1.82, 2.24) is 0 Å². The molecule has 8 heteroatoms. The van der Waals surface area contributed by atoms with E-state index in [9.17, 15) is 4.79 Å². The van der Waals surface area contributed by atoms with Gasteiger partial charge in [-0.1, -0.05) is 13.3 Å². The van der Waals surface area contributed by atoms with Crippen molar-refractivity contribution < 1.29 is 27.4 Å². The van der Waals surface area contributed by atoms with Gasteiger partial charge in [0.05, 0.1) is 0 Å². The van der Waals surface area contributed by atoms with Crippen LogP contribution in [0.3, 0.4) is 0 Å². The zero-order valence-electron chi connectivity index (χ0n) is 6.60. The Kier molecular flexibility index (Phi) is 15.2. The average Bonchev–Trinajstić information content (AvgIpc) is 1.79. The van der Waals surface area contributed by atoms with E-state index in [-0.39, 0.29) is 29.6 Å². The Bertz CT molecular complexity index is 203. The summed E-state index contributed by atoms with van der Waals surface area (Å²) >= 11 is 0. The molecule has 6 nitrogen and oxygen atoms in total. The van der Waals surface area contributed by atoms with Crippen LogP contribution in [0.25, 0.3) is 0 Å². The summed E-state index contributed by atoms with van der Waals surface area (Å²) in [6, 6.07) is 0. The molecule has 0 bridgehead atoms. The number of carboxylic acid groups (broad SMARTS) is 1. The first-order valence-corrected chi connectivity index (χ1v) is 4.58. The maximum atomic E-state index is 9.76. The monoisotopic (exact) mass is 224 g/mol. The van der Waals surface area contributed by atoms with Crippen molar-refractivity contribution in [2.45, 2.75) is 26.2 Å². The molecule has 0 aromatic rings. The molecule has 0 aliphatic carbocycles. The number of carbonyl (C=O) groups is 1. The predicted molar refractivity (Wildman–Crippen MR) is 48.5 cm³/mol. The molecule has 0 aliphatic heterocycles. The van der Waals surface area contributed by atoms with Crippen molar-refractivity contribution in [3.63, 3.8) is 0 Å². The van der Waals surface area contributed by atoms with Gasteiger partial charge in [0, 0.05) is 6.42 Å². The number of aliphatic carboxylic acids is 1. The minimum absolute atomic E-state index is 0. The van der Waals surface area contributed by atoms with Gasteiger partial charge in [-0.25, -0.2) is 0 Å². The number of rotatable bonds is 3. The van der Waals surface area contributed by atoms with Crippen LogP contribution < -0.4 is 0 Å². The van der Waals surface area contributed by atoms with Gasteiger partial charge in [0.2, 0.25) is 0 Å². The molecule has 0 amide bonds. The third-order valence-corrected chi connectivity index (χ3v) is 0.744. The molecule has 0 aromatic carbocycles. The van der Waals surface area contributed by atoms with Crippen molar-refractivity contribution in [2.24, 2.45) is 0 Å². The third kappa shape index (κ3) is 70.0. The van der Waals surface area contributed by atoms with E-state index in [2.05, 4.69) is 0 Å². The molecule has 0 aromatic heterocycles. The van der Waals surface area contributed by atoms with Crippen molar-refractivity contribution in [3.8, 4) is 0 Å². The van der Waals surface area contributed by atoms with Crippen LogP contribution in [0.1, 0.15) is 26.2 Å². The summed E-state index contributed by atoms with van der Waals surface area (Å²) in [5.74, 6) is -0.693. The summed E-state index contributed by atoms with van der Waals surface area (Å²) in [6.45, 7) is 1.98. The standard InChI is InChI=1S/C5H10O2.Na.H2O4S.H/c1-2-3-4-5(6)7;;1-5(2,3)4;/h2-4H2,1H3,(H,6,7);;(H2,1,2,3,4);. The van der Waals surface area contributed by atoms with Gasteiger partial charge >= 0.3 is 45.9 Å². The first-order chi connectivity index (χ1) is 5.27. The molecule has 0 saturated heterocycles. The second-order valence-corrected chi connectivity index (χ2v) is 2.84. The Morgan fingerprint density at radius 2 is 1.62 bits per heavy atom. The van der Waals surface area contributed by atoms with Crippen LogP contribution in [0.4, 0.5) is 0 Å². The fourth-order valence-electron chi connectivity index (χ4n) is 0.328. The quantitative estimate of drug-likeness (QED) is 0.458. The van der Waals surface area contributed by atoms with Crippen LogP contribution in [-0.4, -0.2) is 58.2 Å². The van der Waals surface area contributed by atoms with Crippen LogP contribution in [-0.2, 0) is 15.2 Å². The van der Waals surface area contributed by atoms with Gasteiger partial charge in [0.1, 0.15) is 0 Å². The van der Waals surface area contributed by atoms with E-state index < -0.39 is 16.4 Å². The molecule has 0 saturated carbocycles. The van der Waals surface area contributed by atoms with Crippen LogP contribution >= 0.6 is 0 Å². The summed E-state index contributed by atoms with van der Waals surface area (Å²) in [4.78, 5) is 9.76. The van der Waals surface area contributed by atoms with Crippen LogP contribution in [0.15, 0.2) is 0 Å². The molecule has 0 unspecified atom stereocenters. The van der Waals surface area contributed by atoms with Crippen LogP contribution in [0, 0.1) is 0 Å². The summed E-state index contributed by atoms with van der Waals surface area (Å²) < 4.78 is 31.6. The van der Waals surface area contributed by atoms with Gasteiger partial charge in [-0.3, -0.25) is 13.9 Å². The number of hydrogen-bond acceptors (Lipinski definition) is 3. The Morgan fingerprint density at radius 1 is 1.31 bits per heavy atom. The van der Waals surface area contributed by atoms with E-state index in [1.54, 1.807) is 0 Å². The topological polar surface area (TPSA) is 112 Å². The summed E-state index contributed by atoms with van der Waals surface area (Å²) in [7, 11) is -4.67. The van der Waals surface area contributed by atoms with Crippen molar-refractivity contribution in [2.75, 3.05) is 0 Å². The predicted octanol–water partition coefficient (Wildman–Crippen LogP) is -0.0401. The van der Waals surface area contributed by atoms with Gasteiger partial charge < -0.3 is 5.11 Å². The van der Waals surface area contributed by atoms with Crippen LogP contribution in [0.2, 0.25) is 0 Å². The Hall–Kier alpha value is 0.340. The van der Waals surface area contributed by atoms with E-state index in [4.69, 9.17) is 22.6 Å². The van der Waals surface area contributed by atoms with Gasteiger partial charge in [0.25, 0.3) is 0 Å². The third-order valence-electron chi connectivity index (χ3n) is 0.744. The van der Waals surface area contributed by atoms with E-state index in [1.807, 2.05) is 6.92 Å². The molecule has 0 atom stereocenters. The van der Waals surface area contributed by atoms with Crippen LogP contribution in [0.5, 0.6) is 0 Å². The molecule has 0 radical (unpaired) electrons. The van der Waals surface area contributed by atoms with E-state index in [0.717, 1.165) is 12.8 Å². The Balaban J connectivity index is -0.000000150. The first-order valence-electron chi connectivity index (χ1n) is 3.19. The molecular weight excluding hydrogens is 211 g/mol. The van der Waals surface area contributed by atoms with Crippen molar-refractivity contribution >= 4 is 45.9 Å². The van der Waals surface area contributed by atoms with Crippen molar-refractivity contribution in [3.05, 3.63) is 0 Å². The van der Waals surface area contributed by atoms with Gasteiger partial charge in [-0.2, -0.15) is 8.42 Å². The SMILES string of the molecule is CCCCC(=O)O.O=S(=O)(O)O.[NaH]. The number of hydrogen-bond donors (Lipinski definition) is 3. The zero-order chi connectivity index (χ0) is 10.2. The second kappa shape index (κ2) is 10.4. The van der Waals surface area contributed by atoms with E-state index in [0.29, 0.717) is 6.42 Å². The van der Waals surface area contributed by atoms with E-state index in [1.165, 1.54) is 0 Å². The molecule has 0 aliphatic rings. The Morgan fingerprint density at radius 3 is 1.69 bits per heavy atom. The molecule has 0 fully saturated rings. The minimum atomic E-state index is -4.67. The van der Waals surface area contributed by atoms with Crippen molar-refractivity contribution in [1.29, 1.82) is 0 Å². The fourth-order valence-corrected chi connectivity index (χ4v) is 0.328. The molecule has 3 N–H and O–H groups in total. The summed E-state index contributed by atoms with van der Waals surface area (Å²) in [6.07, 6.45) is 2.08. The van der Waals surface area contributed by atoms with E-state index >= 15 is 0 Å². The van der Waals surface area contributed by atoms with Gasteiger partial charge in [-0.15, -0.1) is 0 Å². The molecule has 0 heterocycles. The summed E-state index contributed by atoms with van der Waals surface area (Å²) in [5, 5.41) is 8.04. The molecule has 0 spiro atoms. The normalized spacial score (nSPS) is 9.15. The maximum absolute atomic E-state index is 9.76. The summed E-state index contributed by atoms with van der Waals surface area (Å²) in [5.41, 5.74) is 0. The fraction of sp³-hybridized carbons (Fsp3) is 0.800. The van der Waals surface area contributed by atoms with Gasteiger partial charge in [-0.05, 0) is 6.42 Å². The molecule has 0 rings (SSSR count). The first kappa shape index (κ1) is 19.0. The molecule has 76 valence electrons. The van der Waals surface area contributed by atoms with Gasteiger partial charge in [0.15, 0.2) is 0 Å². The molecular formula is C5H13NaO6S. The average molecular weight is 224 g/mol. The number of unbranched alkanes of at least 4 members (excludes halogenated alkanes) is 1.